The summed E-state index contributed by atoms with van der Waals surface area (Å²) in [4.78, 5) is 27.4. The van der Waals surface area contributed by atoms with Gasteiger partial charge < -0.3 is 20.6 Å². The van der Waals surface area contributed by atoms with E-state index in [1.165, 1.54) is 0 Å². The SMILES string of the molecule is Cc1ccc(CNC(=O)c2cnc(C(=O)CO)c(O)c2CO)cc1. The van der Waals surface area contributed by atoms with Gasteiger partial charge >= 0.3 is 0 Å². The molecule has 2 rings (SSSR count). The Bertz CT molecular complexity index is 756. The summed E-state index contributed by atoms with van der Waals surface area (Å²) in [6, 6.07) is 7.59. The number of aromatic nitrogens is 1. The van der Waals surface area contributed by atoms with Crippen molar-refractivity contribution in [1.82, 2.24) is 10.3 Å². The molecule has 0 saturated heterocycles. The molecule has 1 aromatic heterocycles. The van der Waals surface area contributed by atoms with Crippen LogP contribution in [0, 0.1) is 6.92 Å². The molecule has 24 heavy (non-hydrogen) atoms. The molecule has 0 bridgehead atoms. The summed E-state index contributed by atoms with van der Waals surface area (Å²) < 4.78 is 0. The number of carbonyl (C=O) groups is 2. The van der Waals surface area contributed by atoms with E-state index in [1.54, 1.807) is 0 Å². The number of aryl methyl sites for hydroxylation is 1. The fourth-order valence-corrected chi connectivity index (χ4v) is 2.16. The Hall–Kier alpha value is -2.77. The average molecular weight is 330 g/mol. The molecule has 1 amide bonds. The van der Waals surface area contributed by atoms with E-state index in [4.69, 9.17) is 5.11 Å². The van der Waals surface area contributed by atoms with Crippen LogP contribution in [0.5, 0.6) is 5.75 Å². The molecule has 0 aliphatic carbocycles. The maximum absolute atomic E-state index is 12.3. The molecule has 0 spiro atoms. The first kappa shape index (κ1) is 17.6. The number of carbonyl (C=O) groups excluding carboxylic acids is 2. The van der Waals surface area contributed by atoms with Gasteiger partial charge in [0.2, 0.25) is 5.78 Å². The van der Waals surface area contributed by atoms with Crippen molar-refractivity contribution in [2.45, 2.75) is 20.1 Å². The maximum atomic E-state index is 12.3. The number of hydrogen-bond donors (Lipinski definition) is 4. The van der Waals surface area contributed by atoms with Gasteiger partial charge in [-0.25, -0.2) is 4.98 Å². The second-order valence-corrected chi connectivity index (χ2v) is 5.26. The number of nitrogens with one attached hydrogen (secondary N) is 1. The Kier molecular flexibility index (Phi) is 5.62. The van der Waals surface area contributed by atoms with Gasteiger partial charge in [0.15, 0.2) is 11.4 Å². The molecule has 0 fully saturated rings. The van der Waals surface area contributed by atoms with Gasteiger partial charge in [0.05, 0.1) is 12.2 Å². The minimum absolute atomic E-state index is 0.0309. The molecule has 0 unspecified atom stereocenters. The van der Waals surface area contributed by atoms with Gasteiger partial charge in [0.25, 0.3) is 5.91 Å². The number of hydrogen-bond acceptors (Lipinski definition) is 6. The van der Waals surface area contributed by atoms with E-state index in [9.17, 15) is 19.8 Å². The van der Waals surface area contributed by atoms with Crippen molar-refractivity contribution in [2.75, 3.05) is 6.61 Å². The van der Waals surface area contributed by atoms with Gasteiger partial charge in [0.1, 0.15) is 6.61 Å². The quantitative estimate of drug-likeness (QED) is 0.579. The van der Waals surface area contributed by atoms with Crippen molar-refractivity contribution in [3.8, 4) is 5.75 Å². The van der Waals surface area contributed by atoms with Gasteiger partial charge in [-0.2, -0.15) is 0 Å². The second kappa shape index (κ2) is 7.67. The lowest BCUT2D eigenvalue weighted by Gasteiger charge is -2.12. The lowest BCUT2D eigenvalue weighted by Crippen LogP contribution is -2.25. The summed E-state index contributed by atoms with van der Waals surface area (Å²) in [5, 5.41) is 30.9. The van der Waals surface area contributed by atoms with Crippen LogP contribution in [0.15, 0.2) is 30.5 Å². The molecule has 0 aliphatic rings. The summed E-state index contributed by atoms with van der Waals surface area (Å²) >= 11 is 0. The summed E-state index contributed by atoms with van der Waals surface area (Å²) in [6.07, 6.45) is 1.10. The van der Waals surface area contributed by atoms with Crippen LogP contribution < -0.4 is 5.32 Å². The molecule has 1 heterocycles. The largest absolute Gasteiger partial charge is 0.505 e. The van der Waals surface area contributed by atoms with Crippen LogP contribution in [0.1, 0.15) is 37.5 Å². The van der Waals surface area contributed by atoms with E-state index in [0.717, 1.165) is 17.3 Å². The van der Waals surface area contributed by atoms with Gasteiger partial charge in [-0.1, -0.05) is 29.8 Å². The van der Waals surface area contributed by atoms with E-state index in [1.807, 2.05) is 31.2 Å². The van der Waals surface area contributed by atoms with Gasteiger partial charge in [-0.3, -0.25) is 9.59 Å². The lowest BCUT2D eigenvalue weighted by molar-refractivity contribution is 0.0891. The maximum Gasteiger partial charge on any atom is 0.253 e. The van der Waals surface area contributed by atoms with Crippen molar-refractivity contribution < 1.29 is 24.9 Å². The Morgan fingerprint density at radius 2 is 1.83 bits per heavy atom. The predicted molar refractivity (Wildman–Crippen MR) is 85.6 cm³/mol. The number of amides is 1. The number of aliphatic hydroxyl groups excluding tert-OH is 2. The molecular weight excluding hydrogens is 312 g/mol. The Balaban J connectivity index is 2.21. The van der Waals surface area contributed by atoms with Gasteiger partial charge in [0, 0.05) is 18.3 Å². The van der Waals surface area contributed by atoms with Gasteiger partial charge in [-0.05, 0) is 12.5 Å². The number of nitrogens with zero attached hydrogens (tertiary/aromatic N) is 1. The summed E-state index contributed by atoms with van der Waals surface area (Å²) in [5.74, 6) is -1.93. The van der Waals surface area contributed by atoms with Crippen LogP contribution in [0.25, 0.3) is 0 Å². The topological polar surface area (TPSA) is 120 Å². The lowest BCUT2D eigenvalue weighted by atomic mass is 10.1. The third-order valence-corrected chi connectivity index (χ3v) is 3.54. The van der Waals surface area contributed by atoms with Crippen molar-refractivity contribution >= 4 is 11.7 Å². The minimum atomic E-state index is -0.829. The fourth-order valence-electron chi connectivity index (χ4n) is 2.16. The van der Waals surface area contributed by atoms with Crippen molar-refractivity contribution in [1.29, 1.82) is 0 Å². The van der Waals surface area contributed by atoms with Crippen molar-refractivity contribution in [2.24, 2.45) is 0 Å². The molecular formula is C17H18N2O5. The number of aliphatic hydroxyl groups is 2. The zero-order valence-corrected chi connectivity index (χ0v) is 13.1. The molecule has 7 heteroatoms. The van der Waals surface area contributed by atoms with E-state index < -0.39 is 30.7 Å². The first-order chi connectivity index (χ1) is 11.5. The zero-order chi connectivity index (χ0) is 17.7. The Labute approximate surface area is 138 Å². The number of aromatic hydroxyl groups is 1. The number of ketones is 1. The highest BCUT2D eigenvalue weighted by molar-refractivity contribution is 6.01. The van der Waals surface area contributed by atoms with Crippen LogP contribution in [-0.4, -0.2) is 38.6 Å². The summed E-state index contributed by atoms with van der Waals surface area (Å²) in [7, 11) is 0. The fraction of sp³-hybridized carbons (Fsp3) is 0.235. The van der Waals surface area contributed by atoms with Gasteiger partial charge in [-0.15, -0.1) is 0 Å². The molecule has 126 valence electrons. The number of pyridine rings is 1. The molecule has 4 N–H and O–H groups in total. The highest BCUT2D eigenvalue weighted by Gasteiger charge is 2.21. The third-order valence-electron chi connectivity index (χ3n) is 3.54. The Morgan fingerprint density at radius 1 is 1.17 bits per heavy atom. The number of benzene rings is 1. The first-order valence-electron chi connectivity index (χ1n) is 7.27. The van der Waals surface area contributed by atoms with E-state index in [0.29, 0.717) is 0 Å². The zero-order valence-electron chi connectivity index (χ0n) is 13.1. The number of Topliss-reactive ketones (excluding diaryl/α,β-unsaturated/α-hetero) is 1. The van der Waals surface area contributed by atoms with E-state index in [-0.39, 0.29) is 23.4 Å². The van der Waals surface area contributed by atoms with Crippen LogP contribution in [0.4, 0.5) is 0 Å². The molecule has 0 saturated carbocycles. The first-order valence-corrected chi connectivity index (χ1v) is 7.27. The summed E-state index contributed by atoms with van der Waals surface area (Å²) in [6.45, 7) is 0.749. The van der Waals surface area contributed by atoms with E-state index >= 15 is 0 Å². The van der Waals surface area contributed by atoms with Crippen LogP contribution in [0.3, 0.4) is 0 Å². The monoisotopic (exact) mass is 330 g/mol. The third kappa shape index (κ3) is 3.76. The number of rotatable bonds is 6. The minimum Gasteiger partial charge on any atom is -0.505 e. The van der Waals surface area contributed by atoms with Crippen LogP contribution >= 0.6 is 0 Å². The smallest absolute Gasteiger partial charge is 0.253 e. The highest BCUT2D eigenvalue weighted by Crippen LogP contribution is 2.24. The predicted octanol–water partition coefficient (Wildman–Crippen LogP) is 0.693. The summed E-state index contributed by atoms with van der Waals surface area (Å²) in [5.41, 5.74) is 1.48. The van der Waals surface area contributed by atoms with Crippen LogP contribution in [-0.2, 0) is 13.2 Å². The second-order valence-electron chi connectivity index (χ2n) is 5.26. The molecule has 0 aliphatic heterocycles. The van der Waals surface area contributed by atoms with E-state index in [2.05, 4.69) is 10.3 Å². The van der Waals surface area contributed by atoms with Crippen molar-refractivity contribution in [3.63, 3.8) is 0 Å². The van der Waals surface area contributed by atoms with Crippen LogP contribution in [0.2, 0.25) is 0 Å². The average Bonchev–Trinajstić information content (AvgIpc) is 2.60. The molecule has 2 aromatic rings. The van der Waals surface area contributed by atoms with Crippen molar-refractivity contribution in [3.05, 3.63) is 58.4 Å². The molecule has 1 aromatic carbocycles. The normalized spacial score (nSPS) is 10.5. The standard InChI is InChI=1S/C17H18N2O5/c1-10-2-4-11(5-3-10)6-19-17(24)12-7-18-15(14(22)9-21)16(23)13(12)8-20/h2-5,7,20-21,23H,6,8-9H2,1H3,(H,19,24). The molecule has 0 atom stereocenters. The Morgan fingerprint density at radius 3 is 2.42 bits per heavy atom. The molecule has 7 nitrogen and oxygen atoms in total. The highest BCUT2D eigenvalue weighted by atomic mass is 16.3. The molecule has 0 radical (unpaired) electrons.